The van der Waals surface area contributed by atoms with Crippen LogP contribution in [0, 0.1) is 5.41 Å². The summed E-state index contributed by atoms with van der Waals surface area (Å²) in [5.74, 6) is -1.37. The van der Waals surface area contributed by atoms with Crippen molar-refractivity contribution in [3.8, 4) is 5.75 Å². The number of carboxylic acid groups (broad SMARTS) is 1. The summed E-state index contributed by atoms with van der Waals surface area (Å²) in [5, 5.41) is 21.3. The number of rotatable bonds is 2. The first-order valence-corrected chi connectivity index (χ1v) is 6.91. The topological polar surface area (TPSA) is 89.9 Å². The highest BCUT2D eigenvalue weighted by Gasteiger charge is 2.29. The van der Waals surface area contributed by atoms with Gasteiger partial charge in [0.05, 0.1) is 11.3 Å². The highest BCUT2D eigenvalue weighted by atomic mass is 16.4. The van der Waals surface area contributed by atoms with Gasteiger partial charge in [0.15, 0.2) is 0 Å². The molecular weight excluding hydrogens is 272 g/mol. The Morgan fingerprint density at radius 3 is 2.62 bits per heavy atom. The lowest BCUT2D eigenvalue weighted by atomic mass is 9.84. The van der Waals surface area contributed by atoms with Gasteiger partial charge in [-0.3, -0.25) is 0 Å². The number of anilines is 1. The zero-order chi connectivity index (χ0) is 15.6. The van der Waals surface area contributed by atoms with Crippen LogP contribution in [0.1, 0.15) is 37.0 Å². The summed E-state index contributed by atoms with van der Waals surface area (Å²) < 4.78 is 0. The fourth-order valence-electron chi connectivity index (χ4n) is 2.56. The summed E-state index contributed by atoms with van der Waals surface area (Å²) in [4.78, 5) is 24.7. The maximum absolute atomic E-state index is 12.2. The number of phenols is 1. The minimum atomic E-state index is -1.12. The van der Waals surface area contributed by atoms with Crippen LogP contribution in [-0.4, -0.2) is 40.2 Å². The first-order chi connectivity index (χ1) is 9.78. The van der Waals surface area contributed by atoms with E-state index in [-0.39, 0.29) is 28.4 Å². The summed E-state index contributed by atoms with van der Waals surface area (Å²) in [5.41, 5.74) is 0.281. The summed E-state index contributed by atoms with van der Waals surface area (Å²) in [6.45, 7) is 5.58. The Balaban J connectivity index is 2.07. The molecule has 3 N–H and O–H groups in total. The summed E-state index contributed by atoms with van der Waals surface area (Å²) >= 11 is 0. The molecule has 6 heteroatoms. The van der Waals surface area contributed by atoms with Gasteiger partial charge in [-0.25, -0.2) is 9.59 Å². The lowest BCUT2D eigenvalue weighted by Gasteiger charge is -2.37. The Bertz CT molecular complexity index is 569. The molecule has 6 nitrogen and oxygen atoms in total. The molecule has 1 aliphatic rings. The van der Waals surface area contributed by atoms with Gasteiger partial charge in [0.2, 0.25) is 0 Å². The number of benzene rings is 1. The van der Waals surface area contributed by atoms with Crippen molar-refractivity contribution in [2.75, 3.05) is 18.4 Å². The highest BCUT2D eigenvalue weighted by Crippen LogP contribution is 2.30. The van der Waals surface area contributed by atoms with Crippen molar-refractivity contribution in [2.45, 2.75) is 26.7 Å². The molecule has 1 aromatic rings. The number of piperidine rings is 1. The molecule has 114 valence electrons. The van der Waals surface area contributed by atoms with Crippen LogP contribution in [0.3, 0.4) is 0 Å². The Kier molecular flexibility index (Phi) is 4.06. The van der Waals surface area contributed by atoms with Crippen molar-refractivity contribution in [1.82, 2.24) is 4.90 Å². The monoisotopic (exact) mass is 292 g/mol. The molecule has 21 heavy (non-hydrogen) atoms. The van der Waals surface area contributed by atoms with E-state index >= 15 is 0 Å². The predicted octanol–water partition coefficient (Wildman–Crippen LogP) is 2.74. The standard InChI is InChI=1S/C15H20N2O4/c1-15(2)6-3-7-17(9-15)14(21)16-11-5-4-10(13(19)20)8-12(11)18/h4-5,8,18H,3,6-7,9H2,1-2H3,(H,16,21)(H,19,20). The molecule has 1 saturated heterocycles. The third-order valence-electron chi connectivity index (χ3n) is 3.67. The molecule has 0 spiro atoms. The van der Waals surface area contributed by atoms with E-state index in [2.05, 4.69) is 19.2 Å². The molecule has 1 fully saturated rings. The van der Waals surface area contributed by atoms with E-state index in [1.165, 1.54) is 12.1 Å². The summed E-state index contributed by atoms with van der Waals surface area (Å²) in [6.07, 6.45) is 2.03. The van der Waals surface area contributed by atoms with Gasteiger partial charge in [0.25, 0.3) is 0 Å². The molecule has 0 atom stereocenters. The number of likely N-dealkylation sites (tertiary alicyclic amines) is 1. The van der Waals surface area contributed by atoms with E-state index in [1.54, 1.807) is 4.90 Å². The maximum atomic E-state index is 12.2. The number of aromatic carboxylic acids is 1. The number of carbonyl (C=O) groups excluding carboxylic acids is 1. The van der Waals surface area contributed by atoms with E-state index in [4.69, 9.17) is 5.11 Å². The predicted molar refractivity (Wildman–Crippen MR) is 78.7 cm³/mol. The van der Waals surface area contributed by atoms with E-state index in [0.29, 0.717) is 13.1 Å². The van der Waals surface area contributed by atoms with Crippen molar-refractivity contribution in [3.05, 3.63) is 23.8 Å². The lowest BCUT2D eigenvalue weighted by Crippen LogP contribution is -2.45. The zero-order valence-electron chi connectivity index (χ0n) is 12.2. The molecular formula is C15H20N2O4. The quantitative estimate of drug-likeness (QED) is 0.731. The van der Waals surface area contributed by atoms with Crippen LogP contribution in [0.4, 0.5) is 10.5 Å². The van der Waals surface area contributed by atoms with Gasteiger partial charge < -0.3 is 20.4 Å². The molecule has 0 aliphatic carbocycles. The third kappa shape index (κ3) is 3.65. The zero-order valence-corrected chi connectivity index (χ0v) is 12.2. The Hall–Kier alpha value is -2.24. The number of amides is 2. The molecule has 1 heterocycles. The van der Waals surface area contributed by atoms with Gasteiger partial charge in [-0.15, -0.1) is 0 Å². The number of hydrogen-bond acceptors (Lipinski definition) is 3. The fourth-order valence-corrected chi connectivity index (χ4v) is 2.56. The van der Waals surface area contributed by atoms with E-state index in [0.717, 1.165) is 18.9 Å². The molecule has 1 aromatic carbocycles. The van der Waals surface area contributed by atoms with Gasteiger partial charge in [-0.2, -0.15) is 0 Å². The summed E-state index contributed by atoms with van der Waals surface area (Å²) in [6, 6.07) is 3.59. The maximum Gasteiger partial charge on any atom is 0.335 e. The van der Waals surface area contributed by atoms with E-state index < -0.39 is 5.97 Å². The molecule has 1 aliphatic heterocycles. The van der Waals surface area contributed by atoms with Crippen LogP contribution in [0.15, 0.2) is 18.2 Å². The lowest BCUT2D eigenvalue weighted by molar-refractivity contribution is 0.0696. The molecule has 0 unspecified atom stereocenters. The van der Waals surface area contributed by atoms with Gasteiger partial charge >= 0.3 is 12.0 Å². The average Bonchev–Trinajstić information content (AvgIpc) is 2.39. The Morgan fingerprint density at radius 1 is 1.33 bits per heavy atom. The van der Waals surface area contributed by atoms with Crippen molar-refractivity contribution in [1.29, 1.82) is 0 Å². The second kappa shape index (κ2) is 5.63. The Morgan fingerprint density at radius 2 is 2.05 bits per heavy atom. The summed E-state index contributed by atoms with van der Waals surface area (Å²) in [7, 11) is 0. The first kappa shape index (κ1) is 15.2. The van der Waals surface area contributed by atoms with E-state index in [1.807, 2.05) is 0 Å². The molecule has 0 bridgehead atoms. The normalized spacial score (nSPS) is 17.3. The second-order valence-corrected chi connectivity index (χ2v) is 6.16. The minimum Gasteiger partial charge on any atom is -0.506 e. The van der Waals surface area contributed by atoms with E-state index in [9.17, 15) is 14.7 Å². The third-order valence-corrected chi connectivity index (χ3v) is 3.67. The average molecular weight is 292 g/mol. The number of phenolic OH excluding ortho intramolecular Hbond substituents is 1. The van der Waals surface area contributed by atoms with Crippen molar-refractivity contribution < 1.29 is 19.8 Å². The number of carbonyl (C=O) groups is 2. The molecule has 0 saturated carbocycles. The van der Waals surface area contributed by atoms with Crippen molar-refractivity contribution in [2.24, 2.45) is 5.41 Å². The second-order valence-electron chi connectivity index (χ2n) is 6.16. The molecule has 2 amide bonds. The number of urea groups is 1. The highest BCUT2D eigenvalue weighted by molar-refractivity contribution is 5.93. The van der Waals surface area contributed by atoms with Gasteiger partial charge in [-0.1, -0.05) is 13.8 Å². The number of nitrogens with one attached hydrogen (secondary N) is 1. The van der Waals surface area contributed by atoms with Crippen LogP contribution in [0.25, 0.3) is 0 Å². The first-order valence-electron chi connectivity index (χ1n) is 6.91. The van der Waals surface area contributed by atoms with Crippen LogP contribution in [-0.2, 0) is 0 Å². The van der Waals surface area contributed by atoms with Crippen LogP contribution >= 0.6 is 0 Å². The largest absolute Gasteiger partial charge is 0.506 e. The van der Waals surface area contributed by atoms with Gasteiger partial charge in [0.1, 0.15) is 5.75 Å². The van der Waals surface area contributed by atoms with Gasteiger partial charge in [-0.05, 0) is 36.5 Å². The number of carboxylic acids is 1. The number of aromatic hydroxyl groups is 1. The number of nitrogens with zero attached hydrogens (tertiary/aromatic N) is 1. The minimum absolute atomic E-state index is 0.0235. The van der Waals surface area contributed by atoms with Crippen LogP contribution in [0.5, 0.6) is 5.75 Å². The Labute approximate surface area is 123 Å². The van der Waals surface area contributed by atoms with Gasteiger partial charge in [0, 0.05) is 13.1 Å². The molecule has 2 rings (SSSR count). The van der Waals surface area contributed by atoms with Crippen LogP contribution < -0.4 is 5.32 Å². The SMILES string of the molecule is CC1(C)CCCN(C(=O)Nc2ccc(C(=O)O)cc2O)C1. The molecule has 0 aromatic heterocycles. The fraction of sp³-hybridized carbons (Fsp3) is 0.467. The van der Waals surface area contributed by atoms with Crippen molar-refractivity contribution in [3.63, 3.8) is 0 Å². The molecule has 0 radical (unpaired) electrons. The number of hydrogen-bond donors (Lipinski definition) is 3. The van der Waals surface area contributed by atoms with Crippen LogP contribution in [0.2, 0.25) is 0 Å². The van der Waals surface area contributed by atoms with Crippen molar-refractivity contribution >= 4 is 17.7 Å². The smallest absolute Gasteiger partial charge is 0.335 e.